The van der Waals surface area contributed by atoms with Gasteiger partial charge < -0.3 is 9.47 Å². The lowest BCUT2D eigenvalue weighted by Crippen LogP contribution is -2.04. The Labute approximate surface area is 121 Å². The summed E-state index contributed by atoms with van der Waals surface area (Å²) in [6.45, 7) is 7.26. The average Bonchev–Trinajstić information content (AvgIpc) is 2.46. The number of ether oxygens (including phenoxy) is 2. The molecule has 2 heteroatoms. The minimum atomic E-state index is 0.275. The summed E-state index contributed by atoms with van der Waals surface area (Å²) < 4.78 is 11.3. The standard InChI is InChI=1S/C18H22O2/c1-14(2)17-10-9-15(3)18(11-17)20-13-19-12-16-7-5-4-6-8-16/h4-11,14H,12-13H2,1-3H3. The van der Waals surface area contributed by atoms with E-state index in [0.717, 1.165) is 16.9 Å². The molecule has 0 spiro atoms. The van der Waals surface area contributed by atoms with Crippen LogP contribution in [0.1, 0.15) is 36.5 Å². The fourth-order valence-corrected chi connectivity index (χ4v) is 1.97. The van der Waals surface area contributed by atoms with Crippen molar-refractivity contribution in [1.82, 2.24) is 0 Å². The molecule has 0 N–H and O–H groups in total. The lowest BCUT2D eigenvalue weighted by atomic mass is 10.0. The van der Waals surface area contributed by atoms with Gasteiger partial charge >= 0.3 is 0 Å². The van der Waals surface area contributed by atoms with Gasteiger partial charge in [0.05, 0.1) is 6.61 Å². The quantitative estimate of drug-likeness (QED) is 0.561. The van der Waals surface area contributed by atoms with Crippen LogP contribution in [0, 0.1) is 6.92 Å². The van der Waals surface area contributed by atoms with Gasteiger partial charge in [0, 0.05) is 0 Å². The molecule has 0 saturated heterocycles. The Morgan fingerprint density at radius 1 is 1.00 bits per heavy atom. The van der Waals surface area contributed by atoms with Crippen LogP contribution < -0.4 is 4.74 Å². The Bertz CT molecular complexity index is 532. The first-order valence-corrected chi connectivity index (χ1v) is 7.02. The second-order valence-corrected chi connectivity index (χ2v) is 5.28. The van der Waals surface area contributed by atoms with Crippen LogP contribution in [-0.4, -0.2) is 6.79 Å². The van der Waals surface area contributed by atoms with Crippen LogP contribution in [0.15, 0.2) is 48.5 Å². The molecule has 0 heterocycles. The van der Waals surface area contributed by atoms with Gasteiger partial charge in [0.1, 0.15) is 5.75 Å². The molecule has 2 nitrogen and oxygen atoms in total. The van der Waals surface area contributed by atoms with Gasteiger partial charge in [0.25, 0.3) is 0 Å². The third-order valence-corrected chi connectivity index (χ3v) is 3.29. The van der Waals surface area contributed by atoms with Crippen molar-refractivity contribution in [3.8, 4) is 5.75 Å². The van der Waals surface area contributed by atoms with Gasteiger partial charge in [0.15, 0.2) is 6.79 Å². The third kappa shape index (κ3) is 4.10. The molecule has 2 aromatic rings. The maximum Gasteiger partial charge on any atom is 0.189 e. The molecular formula is C18H22O2. The molecule has 0 aliphatic rings. The van der Waals surface area contributed by atoms with Gasteiger partial charge in [-0.1, -0.05) is 56.3 Å². The van der Waals surface area contributed by atoms with E-state index in [0.29, 0.717) is 12.5 Å². The molecule has 2 aromatic carbocycles. The summed E-state index contributed by atoms with van der Waals surface area (Å²) in [5, 5.41) is 0. The first kappa shape index (κ1) is 14.6. The molecule has 0 bridgehead atoms. The molecule has 2 rings (SSSR count). The van der Waals surface area contributed by atoms with Crippen molar-refractivity contribution < 1.29 is 9.47 Å². The fourth-order valence-electron chi connectivity index (χ4n) is 1.97. The van der Waals surface area contributed by atoms with Crippen LogP contribution in [0.4, 0.5) is 0 Å². The molecular weight excluding hydrogens is 248 g/mol. The molecule has 0 atom stereocenters. The second-order valence-electron chi connectivity index (χ2n) is 5.28. The van der Waals surface area contributed by atoms with Gasteiger partial charge in [-0.3, -0.25) is 0 Å². The fraction of sp³-hybridized carbons (Fsp3) is 0.333. The number of hydrogen-bond acceptors (Lipinski definition) is 2. The summed E-state index contributed by atoms with van der Waals surface area (Å²) in [5.41, 5.74) is 3.58. The van der Waals surface area contributed by atoms with Crippen molar-refractivity contribution in [2.45, 2.75) is 33.3 Å². The van der Waals surface area contributed by atoms with Crippen LogP contribution in [-0.2, 0) is 11.3 Å². The predicted molar refractivity (Wildman–Crippen MR) is 82.0 cm³/mol. The first-order chi connectivity index (χ1) is 9.66. The number of rotatable bonds is 6. The molecule has 0 radical (unpaired) electrons. The van der Waals surface area contributed by atoms with Gasteiger partial charge in [0.2, 0.25) is 0 Å². The summed E-state index contributed by atoms with van der Waals surface area (Å²) in [5.74, 6) is 1.41. The van der Waals surface area contributed by atoms with Gasteiger partial charge in [-0.25, -0.2) is 0 Å². The maximum atomic E-state index is 5.73. The van der Waals surface area contributed by atoms with E-state index in [1.54, 1.807) is 0 Å². The van der Waals surface area contributed by atoms with E-state index in [4.69, 9.17) is 9.47 Å². The highest BCUT2D eigenvalue weighted by Crippen LogP contribution is 2.24. The molecule has 0 saturated carbocycles. The van der Waals surface area contributed by atoms with E-state index >= 15 is 0 Å². The van der Waals surface area contributed by atoms with Crippen molar-refractivity contribution in [3.63, 3.8) is 0 Å². The number of hydrogen-bond donors (Lipinski definition) is 0. The highest BCUT2D eigenvalue weighted by atomic mass is 16.7. The predicted octanol–water partition coefficient (Wildman–Crippen LogP) is 4.67. The van der Waals surface area contributed by atoms with E-state index in [-0.39, 0.29) is 6.79 Å². The van der Waals surface area contributed by atoms with E-state index < -0.39 is 0 Å². The molecule has 20 heavy (non-hydrogen) atoms. The van der Waals surface area contributed by atoms with Crippen LogP contribution in [0.5, 0.6) is 5.75 Å². The van der Waals surface area contributed by atoms with E-state index in [9.17, 15) is 0 Å². The highest BCUT2D eigenvalue weighted by Gasteiger charge is 2.04. The van der Waals surface area contributed by atoms with Crippen LogP contribution in [0.3, 0.4) is 0 Å². The zero-order valence-electron chi connectivity index (χ0n) is 12.4. The largest absolute Gasteiger partial charge is 0.467 e. The minimum absolute atomic E-state index is 0.275. The van der Waals surface area contributed by atoms with Crippen LogP contribution >= 0.6 is 0 Å². The summed E-state index contributed by atoms with van der Waals surface area (Å²) in [6.07, 6.45) is 0. The smallest absolute Gasteiger partial charge is 0.189 e. The summed E-state index contributed by atoms with van der Waals surface area (Å²) in [6, 6.07) is 16.5. The molecule has 0 aliphatic carbocycles. The Morgan fingerprint density at radius 2 is 1.75 bits per heavy atom. The van der Waals surface area contributed by atoms with Gasteiger partial charge in [-0.15, -0.1) is 0 Å². The summed E-state index contributed by atoms with van der Waals surface area (Å²) in [7, 11) is 0. The SMILES string of the molecule is Cc1ccc(C(C)C)cc1OCOCc1ccccc1. The average molecular weight is 270 g/mol. The summed E-state index contributed by atoms with van der Waals surface area (Å²) in [4.78, 5) is 0. The van der Waals surface area contributed by atoms with Crippen molar-refractivity contribution in [1.29, 1.82) is 0 Å². The van der Waals surface area contributed by atoms with Gasteiger partial charge in [-0.05, 0) is 35.6 Å². The second kappa shape index (κ2) is 7.11. The van der Waals surface area contributed by atoms with Gasteiger partial charge in [-0.2, -0.15) is 0 Å². The Hall–Kier alpha value is -1.80. The van der Waals surface area contributed by atoms with Crippen LogP contribution in [0.25, 0.3) is 0 Å². The number of aryl methyl sites for hydroxylation is 1. The first-order valence-electron chi connectivity index (χ1n) is 7.02. The van der Waals surface area contributed by atoms with E-state index in [1.165, 1.54) is 5.56 Å². The zero-order chi connectivity index (χ0) is 14.4. The van der Waals surface area contributed by atoms with Crippen LogP contribution in [0.2, 0.25) is 0 Å². The Balaban J connectivity index is 1.86. The molecule has 0 unspecified atom stereocenters. The topological polar surface area (TPSA) is 18.5 Å². The normalized spacial score (nSPS) is 10.8. The van der Waals surface area contributed by atoms with Crippen molar-refractivity contribution in [2.75, 3.05) is 6.79 Å². The van der Waals surface area contributed by atoms with E-state index in [1.807, 2.05) is 30.3 Å². The minimum Gasteiger partial charge on any atom is -0.467 e. The zero-order valence-corrected chi connectivity index (χ0v) is 12.4. The van der Waals surface area contributed by atoms with Crippen molar-refractivity contribution in [2.24, 2.45) is 0 Å². The molecule has 0 amide bonds. The number of benzene rings is 2. The molecule has 0 fully saturated rings. The highest BCUT2D eigenvalue weighted by molar-refractivity contribution is 5.37. The molecule has 0 aromatic heterocycles. The third-order valence-electron chi connectivity index (χ3n) is 3.29. The molecule has 106 valence electrons. The van der Waals surface area contributed by atoms with Crippen molar-refractivity contribution >= 4 is 0 Å². The monoisotopic (exact) mass is 270 g/mol. The molecule has 0 aliphatic heterocycles. The summed E-state index contributed by atoms with van der Waals surface area (Å²) >= 11 is 0. The lowest BCUT2D eigenvalue weighted by Gasteiger charge is -2.13. The van der Waals surface area contributed by atoms with Crippen molar-refractivity contribution in [3.05, 3.63) is 65.2 Å². The Morgan fingerprint density at radius 3 is 2.45 bits per heavy atom. The lowest BCUT2D eigenvalue weighted by molar-refractivity contribution is 0.00463. The maximum absolute atomic E-state index is 5.73. The Kier molecular flexibility index (Phi) is 5.19. The van der Waals surface area contributed by atoms with E-state index in [2.05, 4.69) is 39.0 Å².